The predicted octanol–water partition coefficient (Wildman–Crippen LogP) is 2.18. The van der Waals surface area contributed by atoms with Gasteiger partial charge in [0.25, 0.3) is 0 Å². The molecule has 1 aromatic heterocycles. The highest BCUT2D eigenvalue weighted by molar-refractivity contribution is 7.11. The number of guanidine groups is 1. The lowest BCUT2D eigenvalue weighted by atomic mass is 10.1. The number of aryl methyl sites for hydroxylation is 2. The number of carbonyl (C=O) groups is 1. The van der Waals surface area contributed by atoms with Gasteiger partial charge in [0, 0.05) is 38.5 Å². The van der Waals surface area contributed by atoms with Gasteiger partial charge in [0.1, 0.15) is 12.3 Å². The standard InChI is InChI=1S/C21H31N5O2S/c1-15-16(2)29-19(25-15)11-13-23-21(24-14-20(27)26(3)4)22-12-10-17-6-8-18(28-5)9-7-17/h6-9H,10-14H2,1-5H3,(H2,22,23,24). The van der Waals surface area contributed by atoms with Crippen molar-refractivity contribution in [1.29, 1.82) is 0 Å². The van der Waals surface area contributed by atoms with E-state index >= 15 is 0 Å². The molecule has 158 valence electrons. The number of thiazole rings is 1. The summed E-state index contributed by atoms with van der Waals surface area (Å²) >= 11 is 1.72. The van der Waals surface area contributed by atoms with Crippen LogP contribution in [0.25, 0.3) is 0 Å². The van der Waals surface area contributed by atoms with E-state index in [4.69, 9.17) is 4.74 Å². The molecule has 1 heterocycles. The molecule has 2 aromatic rings. The van der Waals surface area contributed by atoms with Crippen LogP contribution in [0.2, 0.25) is 0 Å². The van der Waals surface area contributed by atoms with E-state index in [2.05, 4.69) is 27.5 Å². The molecule has 1 aromatic carbocycles. The van der Waals surface area contributed by atoms with Crippen LogP contribution in [0.3, 0.4) is 0 Å². The van der Waals surface area contributed by atoms with Gasteiger partial charge in [-0.05, 0) is 38.0 Å². The van der Waals surface area contributed by atoms with Crippen LogP contribution >= 0.6 is 11.3 Å². The monoisotopic (exact) mass is 417 g/mol. The van der Waals surface area contributed by atoms with Crippen molar-refractivity contribution < 1.29 is 9.53 Å². The molecule has 2 rings (SSSR count). The minimum Gasteiger partial charge on any atom is -0.497 e. The summed E-state index contributed by atoms with van der Waals surface area (Å²) in [4.78, 5) is 23.7. The van der Waals surface area contributed by atoms with Gasteiger partial charge in [-0.2, -0.15) is 0 Å². The number of amides is 1. The van der Waals surface area contributed by atoms with Crippen LogP contribution in [0, 0.1) is 13.8 Å². The highest BCUT2D eigenvalue weighted by Crippen LogP contribution is 2.16. The van der Waals surface area contributed by atoms with E-state index in [9.17, 15) is 4.79 Å². The third-order valence-electron chi connectivity index (χ3n) is 4.44. The number of hydrogen-bond acceptors (Lipinski definition) is 5. The molecule has 0 atom stereocenters. The number of ether oxygens (including phenoxy) is 1. The van der Waals surface area contributed by atoms with E-state index < -0.39 is 0 Å². The van der Waals surface area contributed by atoms with Crippen molar-refractivity contribution in [3.8, 4) is 5.75 Å². The second-order valence-corrected chi connectivity index (χ2v) is 8.19. The highest BCUT2D eigenvalue weighted by Gasteiger charge is 2.07. The Hall–Kier alpha value is -2.61. The number of hydrogen-bond donors (Lipinski definition) is 2. The van der Waals surface area contributed by atoms with Gasteiger partial charge in [0.2, 0.25) is 5.91 Å². The lowest BCUT2D eigenvalue weighted by Crippen LogP contribution is -2.40. The molecule has 0 saturated carbocycles. The largest absolute Gasteiger partial charge is 0.497 e. The summed E-state index contributed by atoms with van der Waals surface area (Å²) in [5.74, 6) is 1.45. The van der Waals surface area contributed by atoms with Crippen molar-refractivity contribution in [3.63, 3.8) is 0 Å². The molecule has 2 N–H and O–H groups in total. The molecule has 29 heavy (non-hydrogen) atoms. The highest BCUT2D eigenvalue weighted by atomic mass is 32.1. The number of nitrogens with zero attached hydrogens (tertiary/aromatic N) is 3. The van der Waals surface area contributed by atoms with Crippen molar-refractivity contribution >= 4 is 23.2 Å². The molecule has 1 amide bonds. The minimum atomic E-state index is -0.0348. The summed E-state index contributed by atoms with van der Waals surface area (Å²) in [5, 5.41) is 7.73. The third-order valence-corrected chi connectivity index (χ3v) is 5.57. The summed E-state index contributed by atoms with van der Waals surface area (Å²) in [6, 6.07) is 8.01. The zero-order valence-electron chi connectivity index (χ0n) is 17.9. The van der Waals surface area contributed by atoms with Gasteiger partial charge in [0.15, 0.2) is 5.96 Å². The average Bonchev–Trinajstić information content (AvgIpc) is 3.03. The molecule has 8 heteroatoms. The van der Waals surface area contributed by atoms with E-state index in [0.717, 1.165) is 29.3 Å². The average molecular weight is 418 g/mol. The SMILES string of the molecule is COc1ccc(CCNC(=NCC(=O)N(C)C)NCCc2nc(C)c(C)s2)cc1. The number of nitrogens with one attached hydrogen (secondary N) is 2. The normalized spacial score (nSPS) is 11.3. The van der Waals surface area contributed by atoms with Gasteiger partial charge < -0.3 is 20.3 Å². The maximum Gasteiger partial charge on any atom is 0.243 e. The van der Waals surface area contributed by atoms with E-state index in [0.29, 0.717) is 19.0 Å². The third kappa shape index (κ3) is 7.73. The Morgan fingerprint density at radius 3 is 2.34 bits per heavy atom. The van der Waals surface area contributed by atoms with Gasteiger partial charge in [-0.1, -0.05) is 12.1 Å². The van der Waals surface area contributed by atoms with Crippen molar-refractivity contribution in [1.82, 2.24) is 20.5 Å². The first-order valence-electron chi connectivity index (χ1n) is 9.67. The molecular weight excluding hydrogens is 386 g/mol. The summed E-state index contributed by atoms with van der Waals surface area (Å²) in [6.07, 6.45) is 1.66. The van der Waals surface area contributed by atoms with Gasteiger partial charge in [-0.25, -0.2) is 9.98 Å². The van der Waals surface area contributed by atoms with Gasteiger partial charge >= 0.3 is 0 Å². The fourth-order valence-electron chi connectivity index (χ4n) is 2.51. The van der Waals surface area contributed by atoms with E-state index in [1.54, 1.807) is 37.4 Å². The first kappa shape index (κ1) is 22.7. The molecule has 0 spiro atoms. The Morgan fingerprint density at radius 1 is 1.14 bits per heavy atom. The molecule has 0 bridgehead atoms. The number of likely N-dealkylation sites (N-methyl/N-ethyl adjacent to an activating group) is 1. The number of carbonyl (C=O) groups excluding carboxylic acids is 1. The van der Waals surface area contributed by atoms with Gasteiger partial charge in [-0.15, -0.1) is 11.3 Å². The van der Waals surface area contributed by atoms with Crippen LogP contribution in [0.15, 0.2) is 29.3 Å². The molecule has 0 saturated heterocycles. The van der Waals surface area contributed by atoms with Gasteiger partial charge in [0.05, 0.1) is 17.8 Å². The topological polar surface area (TPSA) is 78.8 Å². The van der Waals surface area contributed by atoms with Crippen LogP contribution in [0.1, 0.15) is 21.1 Å². The van der Waals surface area contributed by atoms with Crippen molar-refractivity contribution in [3.05, 3.63) is 45.4 Å². The Balaban J connectivity index is 1.88. The predicted molar refractivity (Wildman–Crippen MR) is 119 cm³/mol. The van der Waals surface area contributed by atoms with Crippen molar-refractivity contribution in [2.75, 3.05) is 40.8 Å². The lowest BCUT2D eigenvalue weighted by molar-refractivity contribution is -0.127. The van der Waals surface area contributed by atoms with Crippen LogP contribution in [0.5, 0.6) is 5.75 Å². The zero-order chi connectivity index (χ0) is 21.2. The van der Waals surface area contributed by atoms with Crippen molar-refractivity contribution in [2.45, 2.75) is 26.7 Å². The van der Waals surface area contributed by atoms with Crippen LogP contribution in [-0.2, 0) is 17.6 Å². The molecule has 0 unspecified atom stereocenters. The molecule has 0 radical (unpaired) electrons. The lowest BCUT2D eigenvalue weighted by Gasteiger charge is -2.13. The number of aliphatic imine (C=N–C) groups is 1. The Morgan fingerprint density at radius 2 is 1.79 bits per heavy atom. The second kappa shape index (κ2) is 11.4. The molecular formula is C21H31N5O2S. The summed E-state index contributed by atoms with van der Waals surface area (Å²) in [6.45, 7) is 5.65. The maximum absolute atomic E-state index is 11.9. The van der Waals surface area contributed by atoms with Crippen LogP contribution in [-0.4, -0.2) is 62.6 Å². The Labute approximate surface area is 177 Å². The molecule has 7 nitrogen and oxygen atoms in total. The maximum atomic E-state index is 11.9. The van der Waals surface area contributed by atoms with E-state index in [-0.39, 0.29) is 12.5 Å². The Bertz CT molecular complexity index is 795. The Kier molecular flexibility index (Phi) is 8.92. The first-order valence-corrected chi connectivity index (χ1v) is 10.5. The summed E-state index contributed by atoms with van der Waals surface area (Å²) in [5.41, 5.74) is 2.30. The number of rotatable bonds is 9. The molecule has 0 aliphatic rings. The summed E-state index contributed by atoms with van der Waals surface area (Å²) in [7, 11) is 5.12. The summed E-state index contributed by atoms with van der Waals surface area (Å²) < 4.78 is 5.19. The minimum absolute atomic E-state index is 0.0348. The number of methoxy groups -OCH3 is 1. The molecule has 0 fully saturated rings. The van der Waals surface area contributed by atoms with Gasteiger partial charge in [-0.3, -0.25) is 4.79 Å². The fourth-order valence-corrected chi connectivity index (χ4v) is 3.45. The van der Waals surface area contributed by atoms with Crippen LogP contribution < -0.4 is 15.4 Å². The quantitative estimate of drug-likeness (QED) is 0.483. The zero-order valence-corrected chi connectivity index (χ0v) is 18.7. The smallest absolute Gasteiger partial charge is 0.243 e. The van der Waals surface area contributed by atoms with E-state index in [1.807, 2.05) is 31.2 Å². The first-order chi connectivity index (χ1) is 13.9. The molecule has 0 aliphatic heterocycles. The number of benzene rings is 1. The van der Waals surface area contributed by atoms with E-state index in [1.165, 1.54) is 10.4 Å². The van der Waals surface area contributed by atoms with Crippen LogP contribution in [0.4, 0.5) is 0 Å². The van der Waals surface area contributed by atoms with Crippen molar-refractivity contribution in [2.24, 2.45) is 4.99 Å². The molecule has 0 aliphatic carbocycles. The second-order valence-electron chi connectivity index (χ2n) is 6.90. The fraction of sp³-hybridized carbons (Fsp3) is 0.476. The number of aromatic nitrogens is 1.